The van der Waals surface area contributed by atoms with Crippen LogP contribution in [0.5, 0.6) is 0 Å². The van der Waals surface area contributed by atoms with Gasteiger partial charge in [-0.2, -0.15) is 0 Å². The van der Waals surface area contributed by atoms with Gasteiger partial charge < -0.3 is 10.2 Å². The van der Waals surface area contributed by atoms with Crippen molar-refractivity contribution in [1.82, 2.24) is 0 Å². The van der Waals surface area contributed by atoms with Gasteiger partial charge in [0.2, 0.25) is 5.91 Å². The average Bonchev–Trinajstić information content (AvgIpc) is 2.50. The Hall–Kier alpha value is -2.14. The number of nitrogens with zero attached hydrogens (tertiary/aromatic N) is 2. The van der Waals surface area contributed by atoms with Crippen molar-refractivity contribution in [2.45, 2.75) is 16.7 Å². The van der Waals surface area contributed by atoms with Crippen molar-refractivity contribution in [1.29, 1.82) is 0 Å². The molecule has 0 radical (unpaired) electrons. The van der Waals surface area contributed by atoms with Crippen LogP contribution in [0.15, 0.2) is 46.2 Å². The summed E-state index contributed by atoms with van der Waals surface area (Å²) in [6.45, 7) is 1.61. The van der Waals surface area contributed by atoms with Crippen LogP contribution in [0.3, 0.4) is 0 Å². The minimum Gasteiger partial charge on any atom is -0.388 e. The van der Waals surface area contributed by atoms with E-state index >= 15 is 0 Å². The summed E-state index contributed by atoms with van der Waals surface area (Å²) in [5.74, 6) is 0.0256. The van der Waals surface area contributed by atoms with Crippen LogP contribution in [0.25, 0.3) is 0 Å². The van der Waals surface area contributed by atoms with Crippen LogP contribution in [0.2, 0.25) is 0 Å². The summed E-state index contributed by atoms with van der Waals surface area (Å²) < 4.78 is 0. The molecule has 4 nitrogen and oxygen atoms in total. The molecular formula is C17H19N3OS. The number of anilines is 4. The van der Waals surface area contributed by atoms with E-state index in [1.54, 1.807) is 23.6 Å². The van der Waals surface area contributed by atoms with Gasteiger partial charge in [0.15, 0.2) is 0 Å². The van der Waals surface area contributed by atoms with Crippen molar-refractivity contribution in [2.75, 3.05) is 36.3 Å². The van der Waals surface area contributed by atoms with E-state index in [0.717, 1.165) is 32.5 Å². The minimum atomic E-state index is 0.0256. The Morgan fingerprint density at radius 3 is 2.32 bits per heavy atom. The van der Waals surface area contributed by atoms with Crippen molar-refractivity contribution in [3.05, 3.63) is 36.4 Å². The lowest BCUT2D eigenvalue weighted by Crippen LogP contribution is -2.26. The fraction of sp³-hybridized carbons (Fsp3) is 0.235. The molecule has 1 aliphatic rings. The molecule has 0 aromatic heterocycles. The van der Waals surface area contributed by atoms with Gasteiger partial charge >= 0.3 is 0 Å². The minimum absolute atomic E-state index is 0.0256. The molecular weight excluding hydrogens is 294 g/mol. The zero-order chi connectivity index (χ0) is 15.9. The Labute approximate surface area is 135 Å². The van der Waals surface area contributed by atoms with Gasteiger partial charge in [-0.1, -0.05) is 11.8 Å². The molecule has 1 heterocycles. The average molecular weight is 313 g/mol. The topological polar surface area (TPSA) is 35.6 Å². The van der Waals surface area contributed by atoms with Gasteiger partial charge in [0, 0.05) is 49.2 Å². The van der Waals surface area contributed by atoms with Crippen LogP contribution < -0.4 is 15.1 Å². The van der Waals surface area contributed by atoms with Gasteiger partial charge in [0.25, 0.3) is 0 Å². The first kappa shape index (κ1) is 14.8. The number of hydrogen-bond donors (Lipinski definition) is 1. The second-order valence-corrected chi connectivity index (χ2v) is 6.52. The molecule has 0 spiro atoms. The Kier molecular flexibility index (Phi) is 3.74. The van der Waals surface area contributed by atoms with Gasteiger partial charge in [0.1, 0.15) is 0 Å². The summed E-state index contributed by atoms with van der Waals surface area (Å²) in [7, 11) is 5.94. The van der Waals surface area contributed by atoms with Crippen molar-refractivity contribution in [2.24, 2.45) is 0 Å². The smallest absolute Gasteiger partial charge is 0.228 e. The molecule has 1 amide bonds. The number of benzene rings is 2. The largest absolute Gasteiger partial charge is 0.388 e. The maximum absolute atomic E-state index is 12.2. The Morgan fingerprint density at radius 2 is 1.73 bits per heavy atom. The molecule has 22 heavy (non-hydrogen) atoms. The van der Waals surface area contributed by atoms with E-state index in [0.29, 0.717) is 0 Å². The molecule has 114 valence electrons. The summed E-state index contributed by atoms with van der Waals surface area (Å²) in [6, 6.07) is 12.3. The summed E-state index contributed by atoms with van der Waals surface area (Å²) in [5.41, 5.74) is 4.07. The van der Waals surface area contributed by atoms with Gasteiger partial charge in [-0.05, 0) is 36.4 Å². The first-order valence-electron chi connectivity index (χ1n) is 7.13. The second kappa shape index (κ2) is 5.57. The van der Waals surface area contributed by atoms with Gasteiger partial charge in [-0.3, -0.25) is 9.69 Å². The molecule has 0 saturated carbocycles. The number of carbonyl (C=O) groups is 1. The molecule has 0 aliphatic carbocycles. The fourth-order valence-corrected chi connectivity index (χ4v) is 3.70. The van der Waals surface area contributed by atoms with Crippen molar-refractivity contribution < 1.29 is 4.79 Å². The van der Waals surface area contributed by atoms with Crippen molar-refractivity contribution in [3.8, 4) is 0 Å². The molecule has 3 rings (SSSR count). The van der Waals surface area contributed by atoms with E-state index in [4.69, 9.17) is 0 Å². The Balaban J connectivity index is 2.16. The van der Waals surface area contributed by atoms with E-state index < -0.39 is 0 Å². The van der Waals surface area contributed by atoms with E-state index in [9.17, 15) is 4.79 Å². The molecule has 0 atom stereocenters. The number of nitrogens with one attached hydrogen (secondary N) is 1. The highest BCUT2D eigenvalue weighted by Crippen LogP contribution is 2.49. The molecule has 0 bridgehead atoms. The maximum atomic E-state index is 12.2. The van der Waals surface area contributed by atoms with Gasteiger partial charge in [-0.25, -0.2) is 0 Å². The van der Waals surface area contributed by atoms with Crippen LogP contribution in [0.1, 0.15) is 6.92 Å². The van der Waals surface area contributed by atoms with Gasteiger partial charge in [0.05, 0.1) is 11.4 Å². The number of carbonyl (C=O) groups excluding carboxylic acids is 1. The maximum Gasteiger partial charge on any atom is 0.228 e. The van der Waals surface area contributed by atoms with E-state index in [2.05, 4.69) is 22.3 Å². The SMILES string of the molecule is CNc1ccc2c(c1)Sc1cc(N(C)C)ccc1N2C(C)=O. The normalized spacial score (nSPS) is 12.5. The quantitative estimate of drug-likeness (QED) is 0.911. The highest BCUT2D eigenvalue weighted by atomic mass is 32.2. The zero-order valence-corrected chi connectivity index (χ0v) is 14.0. The van der Waals surface area contributed by atoms with Crippen LogP contribution in [-0.2, 0) is 4.79 Å². The predicted molar refractivity (Wildman–Crippen MR) is 93.7 cm³/mol. The Morgan fingerprint density at radius 1 is 1.09 bits per heavy atom. The molecule has 0 fully saturated rings. The van der Waals surface area contributed by atoms with Crippen LogP contribution in [-0.4, -0.2) is 27.1 Å². The highest BCUT2D eigenvalue weighted by Gasteiger charge is 2.26. The molecule has 2 aromatic rings. The first-order chi connectivity index (χ1) is 10.5. The number of amides is 1. The van der Waals surface area contributed by atoms with Crippen LogP contribution >= 0.6 is 11.8 Å². The lowest BCUT2D eigenvalue weighted by Gasteiger charge is -2.31. The summed E-state index contributed by atoms with van der Waals surface area (Å²) >= 11 is 1.70. The number of fused-ring (bicyclic) bond motifs is 2. The summed E-state index contributed by atoms with van der Waals surface area (Å²) in [5, 5.41) is 3.15. The van der Waals surface area contributed by atoms with E-state index in [1.807, 2.05) is 45.4 Å². The lowest BCUT2D eigenvalue weighted by atomic mass is 10.2. The third-order valence-corrected chi connectivity index (χ3v) is 4.82. The van der Waals surface area contributed by atoms with Crippen LogP contribution in [0.4, 0.5) is 22.7 Å². The third kappa shape index (κ3) is 2.41. The van der Waals surface area contributed by atoms with Crippen LogP contribution in [0, 0.1) is 0 Å². The second-order valence-electron chi connectivity index (χ2n) is 5.44. The lowest BCUT2D eigenvalue weighted by molar-refractivity contribution is -0.115. The van der Waals surface area contributed by atoms with E-state index in [-0.39, 0.29) is 5.91 Å². The molecule has 0 saturated heterocycles. The third-order valence-electron chi connectivity index (χ3n) is 3.72. The monoisotopic (exact) mass is 313 g/mol. The van der Waals surface area contributed by atoms with E-state index in [1.165, 1.54) is 0 Å². The number of hydrogen-bond acceptors (Lipinski definition) is 4. The summed E-state index contributed by atoms with van der Waals surface area (Å²) in [4.78, 5) is 18.2. The number of rotatable bonds is 2. The standard InChI is InChI=1S/C17H19N3OS/c1-11(21)20-14-7-5-12(18-2)9-16(14)22-17-10-13(19(3)4)6-8-15(17)20/h5-10,18H,1-4H3. The molecule has 2 aromatic carbocycles. The Bertz CT molecular complexity index is 743. The van der Waals surface area contributed by atoms with Crippen molar-refractivity contribution in [3.63, 3.8) is 0 Å². The predicted octanol–water partition coefficient (Wildman–Crippen LogP) is 3.94. The first-order valence-corrected chi connectivity index (χ1v) is 7.94. The highest BCUT2D eigenvalue weighted by molar-refractivity contribution is 7.99. The van der Waals surface area contributed by atoms with Crippen molar-refractivity contribution >= 4 is 40.4 Å². The molecule has 5 heteroatoms. The zero-order valence-electron chi connectivity index (χ0n) is 13.2. The van der Waals surface area contributed by atoms with Gasteiger partial charge in [-0.15, -0.1) is 0 Å². The molecule has 1 N–H and O–H groups in total. The molecule has 1 aliphatic heterocycles. The summed E-state index contributed by atoms with van der Waals surface area (Å²) in [6.07, 6.45) is 0. The molecule has 0 unspecified atom stereocenters. The fourth-order valence-electron chi connectivity index (χ4n) is 2.57.